The second-order valence-corrected chi connectivity index (χ2v) is 6.41. The quantitative estimate of drug-likeness (QED) is 0.569. The van der Waals surface area contributed by atoms with Gasteiger partial charge in [-0.1, -0.05) is 34.1 Å². The number of hydrogen-bond acceptors (Lipinski definition) is 3. The first-order valence-electron chi connectivity index (χ1n) is 7.79. The fourth-order valence-corrected chi connectivity index (χ4v) is 2.75. The second-order valence-electron chi connectivity index (χ2n) is 5.49. The first-order chi connectivity index (χ1) is 11.6. The van der Waals surface area contributed by atoms with Gasteiger partial charge in [0.15, 0.2) is 0 Å². The molecule has 0 unspecified atom stereocenters. The van der Waals surface area contributed by atoms with Crippen LogP contribution in [0, 0.1) is 6.92 Å². The first kappa shape index (κ1) is 18.2. The third-order valence-electron chi connectivity index (χ3n) is 3.65. The third kappa shape index (κ3) is 5.81. The van der Waals surface area contributed by atoms with E-state index in [4.69, 9.17) is 4.74 Å². The average Bonchev–Trinajstić information content (AvgIpc) is 2.56. The molecule has 2 aromatic carbocycles. The maximum absolute atomic E-state index is 11.8. The summed E-state index contributed by atoms with van der Waals surface area (Å²) in [5, 5.41) is 3.99. The Morgan fingerprint density at radius 2 is 2.12 bits per heavy atom. The molecule has 0 aliphatic heterocycles. The zero-order valence-corrected chi connectivity index (χ0v) is 15.5. The highest BCUT2D eigenvalue weighted by molar-refractivity contribution is 9.10. The molecule has 1 N–H and O–H groups in total. The van der Waals surface area contributed by atoms with Gasteiger partial charge in [0.05, 0.1) is 13.3 Å². The van der Waals surface area contributed by atoms with Gasteiger partial charge in [-0.15, -0.1) is 0 Å². The number of benzene rings is 2. The first-order valence-corrected chi connectivity index (χ1v) is 8.59. The van der Waals surface area contributed by atoms with Crippen LogP contribution < -0.4 is 10.2 Å². The van der Waals surface area contributed by atoms with E-state index in [1.807, 2.05) is 36.4 Å². The van der Waals surface area contributed by atoms with E-state index in [-0.39, 0.29) is 5.91 Å². The molecule has 126 valence electrons. The van der Waals surface area contributed by atoms with Crippen LogP contribution in [0.2, 0.25) is 0 Å². The van der Waals surface area contributed by atoms with Crippen molar-refractivity contribution in [1.82, 2.24) is 5.43 Å². The number of aryl methyl sites for hydroxylation is 2. The summed E-state index contributed by atoms with van der Waals surface area (Å²) >= 11 is 3.40. The van der Waals surface area contributed by atoms with Crippen molar-refractivity contribution in [2.75, 3.05) is 7.11 Å². The number of nitrogens with one attached hydrogen (secondary N) is 1. The molecule has 0 radical (unpaired) electrons. The van der Waals surface area contributed by atoms with Crippen LogP contribution in [0.4, 0.5) is 0 Å². The smallest absolute Gasteiger partial charge is 0.240 e. The van der Waals surface area contributed by atoms with Crippen LogP contribution >= 0.6 is 15.9 Å². The van der Waals surface area contributed by atoms with Crippen molar-refractivity contribution in [2.24, 2.45) is 5.10 Å². The second kappa shape index (κ2) is 9.23. The Bertz CT molecular complexity index is 729. The summed E-state index contributed by atoms with van der Waals surface area (Å²) in [6, 6.07) is 13.7. The van der Waals surface area contributed by atoms with E-state index in [2.05, 4.69) is 39.4 Å². The van der Waals surface area contributed by atoms with Gasteiger partial charge in [0.25, 0.3) is 0 Å². The van der Waals surface area contributed by atoms with Crippen LogP contribution in [-0.2, 0) is 11.2 Å². The normalized spacial score (nSPS) is 10.8. The van der Waals surface area contributed by atoms with Crippen LogP contribution in [0.15, 0.2) is 52.0 Å². The van der Waals surface area contributed by atoms with Crippen LogP contribution in [0.1, 0.15) is 29.5 Å². The molecule has 0 aliphatic rings. The van der Waals surface area contributed by atoms with Crippen molar-refractivity contribution >= 4 is 28.1 Å². The lowest BCUT2D eigenvalue weighted by Gasteiger charge is -2.07. The summed E-state index contributed by atoms with van der Waals surface area (Å²) in [5.74, 6) is 0.781. The number of halogens is 1. The van der Waals surface area contributed by atoms with E-state index in [0.29, 0.717) is 6.42 Å². The summed E-state index contributed by atoms with van der Waals surface area (Å²) in [5.41, 5.74) is 5.91. The minimum Gasteiger partial charge on any atom is -0.497 e. The molecule has 0 heterocycles. The number of amides is 1. The number of carbonyl (C=O) groups excluding carboxylic acids is 1. The Morgan fingerprint density at radius 3 is 2.83 bits per heavy atom. The van der Waals surface area contributed by atoms with Gasteiger partial charge >= 0.3 is 0 Å². The van der Waals surface area contributed by atoms with Crippen molar-refractivity contribution < 1.29 is 9.53 Å². The number of carbonyl (C=O) groups is 1. The monoisotopic (exact) mass is 388 g/mol. The van der Waals surface area contributed by atoms with Gasteiger partial charge in [-0.2, -0.15) is 5.10 Å². The highest BCUT2D eigenvalue weighted by Crippen LogP contribution is 2.18. The molecule has 2 rings (SSSR count). The zero-order chi connectivity index (χ0) is 17.4. The molecule has 2 aromatic rings. The molecule has 0 bridgehead atoms. The van der Waals surface area contributed by atoms with Gasteiger partial charge in [0.2, 0.25) is 5.91 Å². The van der Waals surface area contributed by atoms with E-state index in [0.717, 1.165) is 28.6 Å². The Morgan fingerprint density at radius 1 is 1.29 bits per heavy atom. The number of methoxy groups -OCH3 is 1. The molecule has 0 aromatic heterocycles. The molecular formula is C19H21BrN2O2. The Hall–Kier alpha value is -2.14. The van der Waals surface area contributed by atoms with Crippen LogP contribution in [0.25, 0.3) is 0 Å². The lowest BCUT2D eigenvalue weighted by atomic mass is 10.0. The highest BCUT2D eigenvalue weighted by atomic mass is 79.9. The topological polar surface area (TPSA) is 50.7 Å². The molecular weight excluding hydrogens is 368 g/mol. The predicted molar refractivity (Wildman–Crippen MR) is 101 cm³/mol. The van der Waals surface area contributed by atoms with E-state index < -0.39 is 0 Å². The number of hydrogen-bond donors (Lipinski definition) is 1. The van der Waals surface area contributed by atoms with Crippen LogP contribution in [-0.4, -0.2) is 19.2 Å². The molecule has 0 atom stereocenters. The number of ether oxygens (including phenoxy) is 1. The van der Waals surface area contributed by atoms with E-state index in [1.165, 1.54) is 11.1 Å². The van der Waals surface area contributed by atoms with Crippen LogP contribution in [0.3, 0.4) is 0 Å². The molecule has 5 heteroatoms. The van der Waals surface area contributed by atoms with E-state index in [1.54, 1.807) is 13.3 Å². The molecule has 24 heavy (non-hydrogen) atoms. The summed E-state index contributed by atoms with van der Waals surface area (Å²) in [6.45, 7) is 2.06. The minimum absolute atomic E-state index is 0.0765. The molecule has 0 saturated carbocycles. The molecule has 0 fully saturated rings. The third-order valence-corrected chi connectivity index (χ3v) is 4.14. The van der Waals surface area contributed by atoms with Crippen molar-refractivity contribution in [3.8, 4) is 5.75 Å². The van der Waals surface area contributed by atoms with Gasteiger partial charge in [0, 0.05) is 10.9 Å². The fraction of sp³-hybridized carbons (Fsp3) is 0.263. The van der Waals surface area contributed by atoms with Gasteiger partial charge in [-0.05, 0) is 60.7 Å². The van der Waals surface area contributed by atoms with Gasteiger partial charge < -0.3 is 4.74 Å². The maximum Gasteiger partial charge on any atom is 0.240 e. The molecule has 4 nitrogen and oxygen atoms in total. The largest absolute Gasteiger partial charge is 0.497 e. The van der Waals surface area contributed by atoms with Crippen molar-refractivity contribution in [3.63, 3.8) is 0 Å². The Kier molecular flexibility index (Phi) is 7.00. The summed E-state index contributed by atoms with van der Waals surface area (Å²) < 4.78 is 6.18. The summed E-state index contributed by atoms with van der Waals surface area (Å²) in [6.07, 6.45) is 3.72. The lowest BCUT2D eigenvalue weighted by molar-refractivity contribution is -0.121. The SMILES string of the molecule is COc1ccc(CCCC(=O)N/N=C\c2cccc(Br)c2)c(C)c1. The standard InChI is InChI=1S/C19H21BrN2O2/c1-14-11-18(24-2)10-9-16(14)6-4-8-19(23)22-21-13-15-5-3-7-17(20)12-15/h3,5,7,9-13H,4,6,8H2,1-2H3,(H,22,23)/b21-13-. The number of rotatable bonds is 7. The number of hydrazone groups is 1. The summed E-state index contributed by atoms with van der Waals surface area (Å²) in [7, 11) is 1.66. The Labute approximate surface area is 151 Å². The maximum atomic E-state index is 11.8. The molecule has 0 saturated heterocycles. The number of nitrogens with zero attached hydrogens (tertiary/aromatic N) is 1. The fourth-order valence-electron chi connectivity index (χ4n) is 2.34. The average molecular weight is 389 g/mol. The zero-order valence-electron chi connectivity index (χ0n) is 13.9. The van der Waals surface area contributed by atoms with Crippen molar-refractivity contribution in [1.29, 1.82) is 0 Å². The van der Waals surface area contributed by atoms with E-state index in [9.17, 15) is 4.79 Å². The molecule has 0 aliphatic carbocycles. The van der Waals surface area contributed by atoms with E-state index >= 15 is 0 Å². The predicted octanol–water partition coefficient (Wildman–Crippen LogP) is 4.24. The van der Waals surface area contributed by atoms with Gasteiger partial charge in [-0.3, -0.25) is 4.79 Å². The van der Waals surface area contributed by atoms with Gasteiger partial charge in [-0.25, -0.2) is 5.43 Å². The molecule has 0 spiro atoms. The lowest BCUT2D eigenvalue weighted by Crippen LogP contribution is -2.17. The minimum atomic E-state index is -0.0765. The van der Waals surface area contributed by atoms with Crippen LogP contribution in [0.5, 0.6) is 5.75 Å². The van der Waals surface area contributed by atoms with Crippen molar-refractivity contribution in [2.45, 2.75) is 26.2 Å². The highest BCUT2D eigenvalue weighted by Gasteiger charge is 2.03. The summed E-state index contributed by atoms with van der Waals surface area (Å²) in [4.78, 5) is 11.8. The van der Waals surface area contributed by atoms with Gasteiger partial charge in [0.1, 0.15) is 5.75 Å². The Balaban J connectivity index is 1.75. The molecule has 1 amide bonds. The van der Waals surface area contributed by atoms with Crippen molar-refractivity contribution in [3.05, 3.63) is 63.6 Å².